The number of amides is 1. The topological polar surface area (TPSA) is 40.5 Å². The van der Waals surface area contributed by atoms with Crippen molar-refractivity contribution in [3.05, 3.63) is 35.6 Å². The van der Waals surface area contributed by atoms with Crippen molar-refractivity contribution in [1.29, 1.82) is 0 Å². The Morgan fingerprint density at radius 1 is 1.32 bits per heavy atom. The molecule has 2 unspecified atom stereocenters. The van der Waals surface area contributed by atoms with Crippen molar-refractivity contribution < 1.29 is 14.3 Å². The predicted molar refractivity (Wildman–Crippen MR) is 85.4 cm³/mol. The van der Waals surface area contributed by atoms with Gasteiger partial charge in [0, 0.05) is 12.6 Å². The normalized spacial score (nSPS) is 22.6. The van der Waals surface area contributed by atoms with Gasteiger partial charge in [-0.25, -0.2) is 9.18 Å². The smallest absolute Gasteiger partial charge is 0.407 e. The molecule has 1 aliphatic heterocycles. The number of rotatable bonds is 3. The molecular formula is C18H26FNO2. The van der Waals surface area contributed by atoms with E-state index < -0.39 is 6.09 Å². The lowest BCUT2D eigenvalue weighted by Crippen LogP contribution is -2.51. The zero-order valence-corrected chi connectivity index (χ0v) is 13.7. The first kappa shape index (κ1) is 16.8. The van der Waals surface area contributed by atoms with Gasteiger partial charge in [-0.05, 0) is 54.7 Å². The van der Waals surface area contributed by atoms with Gasteiger partial charge in [-0.15, -0.1) is 0 Å². The Kier molecular flexibility index (Phi) is 5.09. The van der Waals surface area contributed by atoms with Crippen molar-refractivity contribution in [2.45, 2.75) is 52.5 Å². The van der Waals surface area contributed by atoms with Gasteiger partial charge in [0.05, 0.1) is 0 Å². The molecule has 4 heteroatoms. The Bertz CT molecular complexity index is 507. The fourth-order valence-electron chi connectivity index (χ4n) is 3.37. The number of hydrogen-bond acceptors (Lipinski definition) is 1. The highest BCUT2D eigenvalue weighted by molar-refractivity contribution is 5.65. The molecule has 3 nitrogen and oxygen atoms in total. The lowest BCUT2D eigenvalue weighted by atomic mass is 9.75. The second-order valence-electron chi connectivity index (χ2n) is 7.41. The van der Waals surface area contributed by atoms with Crippen LogP contribution in [0.4, 0.5) is 9.18 Å². The van der Waals surface area contributed by atoms with Crippen LogP contribution >= 0.6 is 0 Å². The number of aryl methyl sites for hydroxylation is 1. The second kappa shape index (κ2) is 6.67. The molecule has 1 amide bonds. The highest BCUT2D eigenvalue weighted by Crippen LogP contribution is 2.36. The highest BCUT2D eigenvalue weighted by Gasteiger charge is 2.38. The summed E-state index contributed by atoms with van der Waals surface area (Å²) in [4.78, 5) is 13.0. The molecule has 1 heterocycles. The average Bonchev–Trinajstić information content (AvgIpc) is 2.45. The van der Waals surface area contributed by atoms with Crippen LogP contribution in [0.2, 0.25) is 0 Å². The fraction of sp³-hybridized carbons (Fsp3) is 0.611. The van der Waals surface area contributed by atoms with Crippen LogP contribution in [-0.4, -0.2) is 28.7 Å². The van der Waals surface area contributed by atoms with Crippen molar-refractivity contribution >= 4 is 6.09 Å². The molecule has 0 bridgehead atoms. The van der Waals surface area contributed by atoms with Gasteiger partial charge >= 0.3 is 6.09 Å². The SMILES string of the molecule is CC(C)(C)C1CC(CCc2ccc(F)cc2)CCN1C(=O)O. The molecule has 0 spiro atoms. The van der Waals surface area contributed by atoms with E-state index in [1.807, 2.05) is 12.1 Å². The van der Waals surface area contributed by atoms with Crippen LogP contribution in [0, 0.1) is 17.2 Å². The number of benzene rings is 1. The summed E-state index contributed by atoms with van der Waals surface area (Å²) >= 11 is 0. The van der Waals surface area contributed by atoms with Gasteiger partial charge in [0.15, 0.2) is 0 Å². The van der Waals surface area contributed by atoms with Gasteiger partial charge in [-0.1, -0.05) is 32.9 Å². The zero-order chi connectivity index (χ0) is 16.3. The third-order valence-electron chi connectivity index (χ3n) is 4.71. The summed E-state index contributed by atoms with van der Waals surface area (Å²) in [5, 5.41) is 9.38. The van der Waals surface area contributed by atoms with Crippen LogP contribution in [-0.2, 0) is 6.42 Å². The monoisotopic (exact) mass is 307 g/mol. The molecular weight excluding hydrogens is 281 g/mol. The second-order valence-corrected chi connectivity index (χ2v) is 7.41. The lowest BCUT2D eigenvalue weighted by molar-refractivity contribution is 0.0391. The minimum atomic E-state index is -0.808. The van der Waals surface area contributed by atoms with Crippen LogP contribution in [0.3, 0.4) is 0 Å². The number of halogens is 1. The predicted octanol–water partition coefficient (Wildman–Crippen LogP) is 4.56. The van der Waals surface area contributed by atoms with Crippen LogP contribution in [0.25, 0.3) is 0 Å². The Morgan fingerprint density at radius 3 is 2.50 bits per heavy atom. The first-order valence-corrected chi connectivity index (χ1v) is 8.01. The summed E-state index contributed by atoms with van der Waals surface area (Å²) in [6.45, 7) is 6.94. The molecule has 122 valence electrons. The average molecular weight is 307 g/mol. The maximum atomic E-state index is 12.9. The first-order valence-electron chi connectivity index (χ1n) is 8.01. The molecule has 0 aromatic heterocycles. The van der Waals surface area contributed by atoms with Crippen molar-refractivity contribution in [3.63, 3.8) is 0 Å². The third kappa shape index (κ3) is 4.21. The van der Waals surface area contributed by atoms with Gasteiger partial charge in [-0.2, -0.15) is 0 Å². The Hall–Kier alpha value is -1.58. The van der Waals surface area contributed by atoms with Crippen LogP contribution < -0.4 is 0 Å². The largest absolute Gasteiger partial charge is 0.465 e. The molecule has 2 atom stereocenters. The molecule has 1 saturated heterocycles. The summed E-state index contributed by atoms with van der Waals surface area (Å²) in [7, 11) is 0. The van der Waals surface area contributed by atoms with E-state index >= 15 is 0 Å². The summed E-state index contributed by atoms with van der Waals surface area (Å²) in [6.07, 6.45) is 2.98. The number of carboxylic acid groups (broad SMARTS) is 1. The van der Waals surface area contributed by atoms with E-state index in [0.29, 0.717) is 12.5 Å². The van der Waals surface area contributed by atoms with Crippen LogP contribution in [0.15, 0.2) is 24.3 Å². The molecule has 1 aliphatic rings. The van der Waals surface area contributed by atoms with Gasteiger partial charge in [-0.3, -0.25) is 0 Å². The summed E-state index contributed by atoms with van der Waals surface area (Å²) in [6, 6.07) is 6.74. The maximum absolute atomic E-state index is 12.9. The van der Waals surface area contributed by atoms with Crippen molar-refractivity contribution in [3.8, 4) is 0 Å². The quantitative estimate of drug-likeness (QED) is 0.889. The molecule has 0 saturated carbocycles. The van der Waals surface area contributed by atoms with Crippen molar-refractivity contribution in [1.82, 2.24) is 4.90 Å². The molecule has 22 heavy (non-hydrogen) atoms. The van der Waals surface area contributed by atoms with E-state index in [-0.39, 0.29) is 17.3 Å². The Balaban J connectivity index is 1.96. The van der Waals surface area contributed by atoms with E-state index in [1.165, 1.54) is 12.1 Å². The Morgan fingerprint density at radius 2 is 1.95 bits per heavy atom. The number of nitrogens with zero attached hydrogens (tertiary/aromatic N) is 1. The zero-order valence-electron chi connectivity index (χ0n) is 13.7. The summed E-state index contributed by atoms with van der Waals surface area (Å²) in [5.41, 5.74) is 1.10. The molecule has 2 rings (SSSR count). The van der Waals surface area contributed by atoms with E-state index in [1.54, 1.807) is 4.90 Å². The van der Waals surface area contributed by atoms with Crippen molar-refractivity contribution in [2.24, 2.45) is 11.3 Å². The fourth-order valence-corrected chi connectivity index (χ4v) is 3.37. The molecule has 1 aromatic carbocycles. The first-order chi connectivity index (χ1) is 10.3. The molecule has 1 aromatic rings. The summed E-state index contributed by atoms with van der Waals surface area (Å²) in [5.74, 6) is 0.330. The third-order valence-corrected chi connectivity index (χ3v) is 4.71. The number of hydrogen-bond donors (Lipinski definition) is 1. The van der Waals surface area contributed by atoms with Crippen molar-refractivity contribution in [2.75, 3.05) is 6.54 Å². The lowest BCUT2D eigenvalue weighted by Gasteiger charge is -2.44. The van der Waals surface area contributed by atoms with Crippen LogP contribution in [0.1, 0.15) is 45.6 Å². The molecule has 0 radical (unpaired) electrons. The number of piperidine rings is 1. The minimum absolute atomic E-state index is 0.0487. The molecule has 1 fully saturated rings. The molecule has 1 N–H and O–H groups in total. The van der Waals surface area contributed by atoms with E-state index in [4.69, 9.17) is 0 Å². The Labute approximate surface area is 132 Å². The minimum Gasteiger partial charge on any atom is -0.465 e. The number of carbonyl (C=O) groups is 1. The van der Waals surface area contributed by atoms with E-state index in [0.717, 1.165) is 31.2 Å². The van der Waals surface area contributed by atoms with Gasteiger partial charge in [0.1, 0.15) is 5.82 Å². The van der Waals surface area contributed by atoms with E-state index in [9.17, 15) is 14.3 Å². The van der Waals surface area contributed by atoms with Crippen LogP contribution in [0.5, 0.6) is 0 Å². The summed E-state index contributed by atoms with van der Waals surface area (Å²) < 4.78 is 12.9. The standard InChI is InChI=1S/C18H26FNO2/c1-18(2,3)16-12-14(10-11-20(16)17(21)22)5-4-13-6-8-15(19)9-7-13/h6-9,14,16H,4-5,10-12H2,1-3H3,(H,21,22). The molecule has 0 aliphatic carbocycles. The van der Waals surface area contributed by atoms with Gasteiger partial charge in [0.25, 0.3) is 0 Å². The maximum Gasteiger partial charge on any atom is 0.407 e. The van der Waals surface area contributed by atoms with Gasteiger partial charge in [0.2, 0.25) is 0 Å². The van der Waals surface area contributed by atoms with E-state index in [2.05, 4.69) is 20.8 Å². The highest BCUT2D eigenvalue weighted by atomic mass is 19.1. The number of likely N-dealkylation sites (tertiary alicyclic amines) is 1. The van der Waals surface area contributed by atoms with Gasteiger partial charge < -0.3 is 10.0 Å².